The Bertz CT molecular complexity index is 199. The van der Waals surface area contributed by atoms with Crippen LogP contribution in [0.5, 0.6) is 0 Å². The first-order valence-electron chi connectivity index (χ1n) is 7.88. The molecule has 0 saturated carbocycles. The molecule has 18 heavy (non-hydrogen) atoms. The van der Waals surface area contributed by atoms with Crippen molar-refractivity contribution in [2.24, 2.45) is 11.8 Å². The molecule has 0 aromatic heterocycles. The monoisotopic (exact) mass is 256 g/mol. The molecule has 1 aliphatic rings. The maximum absolute atomic E-state index is 5.98. The zero-order valence-corrected chi connectivity index (χ0v) is 12.8. The van der Waals surface area contributed by atoms with Crippen LogP contribution in [0.3, 0.4) is 0 Å². The SMILES string of the molecule is CCC[C@H](C)C[C@H](C)C[C@H](C)OC1CCCCO1. The topological polar surface area (TPSA) is 18.5 Å². The molecule has 108 valence electrons. The smallest absolute Gasteiger partial charge is 0.157 e. The Balaban J connectivity index is 2.15. The number of hydrogen-bond donors (Lipinski definition) is 0. The van der Waals surface area contributed by atoms with Crippen LogP contribution in [-0.2, 0) is 9.47 Å². The fraction of sp³-hybridized carbons (Fsp3) is 1.00. The van der Waals surface area contributed by atoms with Crippen LogP contribution in [0.1, 0.15) is 72.6 Å². The lowest BCUT2D eigenvalue weighted by molar-refractivity contribution is -0.187. The van der Waals surface area contributed by atoms with Crippen LogP contribution < -0.4 is 0 Å². The van der Waals surface area contributed by atoms with Gasteiger partial charge in [-0.3, -0.25) is 0 Å². The van der Waals surface area contributed by atoms with Crippen LogP contribution in [0.4, 0.5) is 0 Å². The largest absolute Gasteiger partial charge is 0.353 e. The summed E-state index contributed by atoms with van der Waals surface area (Å²) in [4.78, 5) is 0. The highest BCUT2D eigenvalue weighted by atomic mass is 16.7. The summed E-state index contributed by atoms with van der Waals surface area (Å²) in [5.74, 6) is 1.60. The van der Waals surface area contributed by atoms with Gasteiger partial charge in [0.05, 0.1) is 6.10 Å². The van der Waals surface area contributed by atoms with Crippen molar-refractivity contribution < 1.29 is 9.47 Å². The molecule has 1 aliphatic heterocycles. The maximum Gasteiger partial charge on any atom is 0.157 e. The molecule has 0 amide bonds. The van der Waals surface area contributed by atoms with Crippen molar-refractivity contribution in [3.8, 4) is 0 Å². The summed E-state index contributed by atoms with van der Waals surface area (Å²) >= 11 is 0. The Labute approximate surface area is 113 Å². The summed E-state index contributed by atoms with van der Waals surface area (Å²) in [5, 5.41) is 0. The standard InChI is InChI=1S/C16H32O2/c1-5-8-13(2)11-14(3)12-15(4)18-16-9-6-7-10-17-16/h13-16H,5-12H2,1-4H3/t13-,14-,15-,16?/m0/s1. The van der Waals surface area contributed by atoms with Gasteiger partial charge < -0.3 is 9.47 Å². The summed E-state index contributed by atoms with van der Waals surface area (Å²) in [6, 6.07) is 0. The quantitative estimate of drug-likeness (QED) is 0.623. The predicted octanol–water partition coefficient (Wildman–Crippen LogP) is 4.77. The van der Waals surface area contributed by atoms with Gasteiger partial charge in [-0.05, 0) is 50.9 Å². The minimum Gasteiger partial charge on any atom is -0.353 e. The molecule has 0 aromatic rings. The van der Waals surface area contributed by atoms with E-state index in [1.807, 2.05) is 0 Å². The van der Waals surface area contributed by atoms with Crippen molar-refractivity contribution in [3.63, 3.8) is 0 Å². The first kappa shape index (κ1) is 16.0. The molecular formula is C16H32O2. The van der Waals surface area contributed by atoms with E-state index in [9.17, 15) is 0 Å². The number of hydrogen-bond acceptors (Lipinski definition) is 2. The minimum absolute atomic E-state index is 0.0639. The molecule has 0 bridgehead atoms. The van der Waals surface area contributed by atoms with Crippen LogP contribution in [0.15, 0.2) is 0 Å². The third-order valence-corrected chi connectivity index (χ3v) is 3.84. The molecule has 2 heteroatoms. The molecule has 1 fully saturated rings. The van der Waals surface area contributed by atoms with Crippen molar-refractivity contribution >= 4 is 0 Å². The lowest BCUT2D eigenvalue weighted by Gasteiger charge is -2.27. The Hall–Kier alpha value is -0.0800. The van der Waals surface area contributed by atoms with Crippen molar-refractivity contribution in [1.82, 2.24) is 0 Å². The molecule has 1 rings (SSSR count). The van der Waals surface area contributed by atoms with E-state index in [2.05, 4.69) is 27.7 Å². The van der Waals surface area contributed by atoms with Gasteiger partial charge in [-0.25, -0.2) is 0 Å². The van der Waals surface area contributed by atoms with E-state index in [1.165, 1.54) is 32.1 Å². The van der Waals surface area contributed by atoms with Crippen molar-refractivity contribution in [2.75, 3.05) is 6.61 Å². The van der Waals surface area contributed by atoms with Gasteiger partial charge in [0.1, 0.15) is 0 Å². The van der Waals surface area contributed by atoms with Gasteiger partial charge in [0.15, 0.2) is 6.29 Å². The van der Waals surface area contributed by atoms with Crippen molar-refractivity contribution in [3.05, 3.63) is 0 Å². The molecule has 0 radical (unpaired) electrons. The third-order valence-electron chi connectivity index (χ3n) is 3.84. The number of ether oxygens (including phenoxy) is 2. The van der Waals surface area contributed by atoms with Gasteiger partial charge in [-0.15, -0.1) is 0 Å². The Kier molecular flexibility index (Phi) is 7.92. The van der Waals surface area contributed by atoms with E-state index >= 15 is 0 Å². The van der Waals surface area contributed by atoms with Gasteiger partial charge >= 0.3 is 0 Å². The highest BCUT2D eigenvalue weighted by Gasteiger charge is 2.19. The highest BCUT2D eigenvalue weighted by molar-refractivity contribution is 4.65. The molecule has 0 N–H and O–H groups in total. The second-order valence-corrected chi connectivity index (χ2v) is 6.21. The average molecular weight is 256 g/mol. The molecule has 4 atom stereocenters. The normalized spacial score (nSPS) is 25.7. The van der Waals surface area contributed by atoms with Crippen molar-refractivity contribution in [1.29, 1.82) is 0 Å². The van der Waals surface area contributed by atoms with Crippen LogP contribution in [-0.4, -0.2) is 19.0 Å². The summed E-state index contributed by atoms with van der Waals surface area (Å²) in [5.41, 5.74) is 0. The number of rotatable bonds is 8. The Morgan fingerprint density at radius 1 is 1.11 bits per heavy atom. The fourth-order valence-corrected chi connectivity index (χ4v) is 3.09. The van der Waals surface area contributed by atoms with E-state index in [4.69, 9.17) is 9.47 Å². The average Bonchev–Trinajstić information content (AvgIpc) is 2.29. The van der Waals surface area contributed by atoms with E-state index in [0.717, 1.165) is 31.3 Å². The summed E-state index contributed by atoms with van der Waals surface area (Å²) in [7, 11) is 0. The zero-order valence-electron chi connectivity index (χ0n) is 12.8. The molecule has 1 heterocycles. The van der Waals surface area contributed by atoms with E-state index in [-0.39, 0.29) is 6.29 Å². The van der Waals surface area contributed by atoms with Gasteiger partial charge in [0, 0.05) is 6.61 Å². The summed E-state index contributed by atoms with van der Waals surface area (Å²) in [6.07, 6.45) is 9.05. The third kappa shape index (κ3) is 6.75. The van der Waals surface area contributed by atoms with Crippen LogP contribution >= 0.6 is 0 Å². The maximum atomic E-state index is 5.98. The van der Waals surface area contributed by atoms with Gasteiger partial charge in [0.25, 0.3) is 0 Å². The van der Waals surface area contributed by atoms with E-state index in [0.29, 0.717) is 6.10 Å². The molecule has 1 unspecified atom stereocenters. The first-order valence-corrected chi connectivity index (χ1v) is 7.88. The lowest BCUT2D eigenvalue weighted by atomic mass is 9.90. The summed E-state index contributed by atoms with van der Waals surface area (Å²) in [6.45, 7) is 10.1. The molecule has 0 aliphatic carbocycles. The second kappa shape index (κ2) is 8.92. The fourth-order valence-electron chi connectivity index (χ4n) is 3.09. The van der Waals surface area contributed by atoms with Gasteiger partial charge in [-0.1, -0.05) is 33.6 Å². The van der Waals surface area contributed by atoms with Gasteiger partial charge in [-0.2, -0.15) is 0 Å². The molecule has 0 spiro atoms. The Morgan fingerprint density at radius 2 is 1.89 bits per heavy atom. The molecule has 2 nitrogen and oxygen atoms in total. The van der Waals surface area contributed by atoms with Gasteiger partial charge in [0.2, 0.25) is 0 Å². The van der Waals surface area contributed by atoms with Crippen molar-refractivity contribution in [2.45, 2.75) is 85.0 Å². The molecular weight excluding hydrogens is 224 g/mol. The van der Waals surface area contributed by atoms with E-state index in [1.54, 1.807) is 0 Å². The lowest BCUT2D eigenvalue weighted by Crippen LogP contribution is -2.27. The predicted molar refractivity (Wildman–Crippen MR) is 76.6 cm³/mol. The summed E-state index contributed by atoms with van der Waals surface area (Å²) < 4.78 is 11.6. The Morgan fingerprint density at radius 3 is 2.50 bits per heavy atom. The molecule has 1 saturated heterocycles. The van der Waals surface area contributed by atoms with E-state index < -0.39 is 0 Å². The van der Waals surface area contributed by atoms with Crippen LogP contribution in [0.25, 0.3) is 0 Å². The van der Waals surface area contributed by atoms with Crippen LogP contribution in [0.2, 0.25) is 0 Å². The second-order valence-electron chi connectivity index (χ2n) is 6.21. The first-order chi connectivity index (χ1) is 8.61. The molecule has 0 aromatic carbocycles. The highest BCUT2D eigenvalue weighted by Crippen LogP contribution is 2.23. The van der Waals surface area contributed by atoms with Crippen LogP contribution in [0, 0.1) is 11.8 Å². The minimum atomic E-state index is 0.0639. The zero-order chi connectivity index (χ0) is 13.4.